The molecule has 35 heavy (non-hydrogen) atoms. The third-order valence-electron chi connectivity index (χ3n) is 6.44. The molecule has 0 unspecified atom stereocenters. The van der Waals surface area contributed by atoms with Crippen LogP contribution in [-0.2, 0) is 6.54 Å². The Hall–Kier alpha value is -3.42. The summed E-state index contributed by atoms with van der Waals surface area (Å²) in [6, 6.07) is 5.48. The summed E-state index contributed by atoms with van der Waals surface area (Å²) in [7, 11) is 0. The van der Waals surface area contributed by atoms with Gasteiger partial charge >= 0.3 is 0 Å². The van der Waals surface area contributed by atoms with Crippen LogP contribution in [0.3, 0.4) is 0 Å². The average Bonchev–Trinajstić information content (AvgIpc) is 3.04. The summed E-state index contributed by atoms with van der Waals surface area (Å²) in [4.78, 5) is 49.6. The first-order chi connectivity index (χ1) is 16.7. The van der Waals surface area contributed by atoms with Crippen LogP contribution in [0.2, 0.25) is 0 Å². The number of aromatic amines is 1. The maximum absolute atomic E-state index is 13.4. The fourth-order valence-electron chi connectivity index (χ4n) is 4.61. The molecule has 186 valence electrons. The van der Waals surface area contributed by atoms with Gasteiger partial charge in [-0.2, -0.15) is 0 Å². The molecule has 3 heterocycles. The summed E-state index contributed by atoms with van der Waals surface area (Å²) in [5.74, 6) is 0.0950. The van der Waals surface area contributed by atoms with Gasteiger partial charge in [0.25, 0.3) is 11.8 Å². The number of benzene rings is 1. The number of pyridine rings is 1. The Kier molecular flexibility index (Phi) is 7.38. The number of aryl methyl sites for hydroxylation is 1. The van der Waals surface area contributed by atoms with Crippen molar-refractivity contribution in [2.75, 3.05) is 13.1 Å². The van der Waals surface area contributed by atoms with Crippen molar-refractivity contribution in [2.24, 2.45) is 5.92 Å². The molecule has 1 aliphatic rings. The van der Waals surface area contributed by atoms with Crippen molar-refractivity contribution in [3.8, 4) is 0 Å². The number of likely N-dealkylation sites (tertiary alicyclic amines) is 1. The van der Waals surface area contributed by atoms with E-state index in [1.165, 1.54) is 0 Å². The quantitative estimate of drug-likeness (QED) is 0.556. The SMILES string of the molecule is Cc1ccc2nc([C@H](C)NC(=O)c3cn(CC(C)C)cc(C(=O)N4CCCCCC4)c3=O)[nH]c2c1. The predicted molar refractivity (Wildman–Crippen MR) is 137 cm³/mol. The van der Waals surface area contributed by atoms with Gasteiger partial charge in [0, 0.05) is 32.0 Å². The maximum atomic E-state index is 13.4. The summed E-state index contributed by atoms with van der Waals surface area (Å²) >= 11 is 0. The van der Waals surface area contributed by atoms with Crippen molar-refractivity contribution < 1.29 is 9.59 Å². The number of amides is 2. The Bertz CT molecular complexity index is 1280. The van der Waals surface area contributed by atoms with E-state index in [-0.39, 0.29) is 23.0 Å². The zero-order valence-corrected chi connectivity index (χ0v) is 21.1. The lowest BCUT2D eigenvalue weighted by molar-refractivity contribution is 0.0759. The molecule has 1 atom stereocenters. The molecule has 0 spiro atoms. The molecule has 2 amide bonds. The molecular formula is C27H35N5O3. The van der Waals surface area contributed by atoms with E-state index in [1.54, 1.807) is 21.9 Å². The van der Waals surface area contributed by atoms with Crippen molar-refractivity contribution in [1.29, 1.82) is 0 Å². The van der Waals surface area contributed by atoms with Crippen molar-refractivity contribution in [2.45, 2.75) is 66.0 Å². The smallest absolute Gasteiger partial charge is 0.259 e. The number of rotatable bonds is 6. The Labute approximate surface area is 205 Å². The lowest BCUT2D eigenvalue weighted by Gasteiger charge is -2.21. The molecular weight excluding hydrogens is 442 g/mol. The van der Waals surface area contributed by atoms with Gasteiger partial charge in [-0.1, -0.05) is 32.8 Å². The standard InChI is InChI=1S/C27H35N5O3/c1-17(2)14-31-15-20(24(33)21(16-31)27(35)32-11-7-5-6-8-12-32)26(34)28-19(4)25-29-22-10-9-18(3)13-23(22)30-25/h9-10,13,15-17,19H,5-8,11-12,14H2,1-4H3,(H,28,34)(H,29,30)/t19-/m0/s1. The number of fused-ring (bicyclic) bond motifs is 1. The largest absolute Gasteiger partial charge is 0.352 e. The third-order valence-corrected chi connectivity index (χ3v) is 6.44. The van der Waals surface area contributed by atoms with E-state index in [9.17, 15) is 14.4 Å². The number of H-pyrrole nitrogens is 1. The average molecular weight is 478 g/mol. The number of nitrogens with zero attached hydrogens (tertiary/aromatic N) is 3. The minimum atomic E-state index is -0.524. The topological polar surface area (TPSA) is 100 Å². The Morgan fingerprint density at radius 1 is 1.06 bits per heavy atom. The molecule has 3 aromatic rings. The maximum Gasteiger partial charge on any atom is 0.259 e. The molecule has 0 saturated carbocycles. The van der Waals surface area contributed by atoms with Crippen molar-refractivity contribution in [3.63, 3.8) is 0 Å². The first-order valence-electron chi connectivity index (χ1n) is 12.5. The predicted octanol–water partition coefficient (Wildman–Crippen LogP) is 4.20. The molecule has 1 fully saturated rings. The molecule has 2 aromatic heterocycles. The Balaban J connectivity index is 1.63. The van der Waals surface area contributed by atoms with Crippen LogP contribution < -0.4 is 10.7 Å². The van der Waals surface area contributed by atoms with Gasteiger partial charge in [-0.3, -0.25) is 14.4 Å². The number of aromatic nitrogens is 3. The zero-order valence-electron chi connectivity index (χ0n) is 21.1. The van der Waals surface area contributed by atoms with Crippen LogP contribution in [0.25, 0.3) is 11.0 Å². The highest BCUT2D eigenvalue weighted by atomic mass is 16.2. The second-order valence-electron chi connectivity index (χ2n) is 10.0. The summed E-state index contributed by atoms with van der Waals surface area (Å²) in [6.07, 6.45) is 7.20. The van der Waals surface area contributed by atoms with Crippen LogP contribution in [0.15, 0.2) is 35.4 Å². The molecule has 0 radical (unpaired) electrons. The monoisotopic (exact) mass is 477 g/mol. The fraction of sp³-hybridized carbons (Fsp3) is 0.481. The molecule has 2 N–H and O–H groups in total. The van der Waals surface area contributed by atoms with Gasteiger partial charge < -0.3 is 19.8 Å². The van der Waals surface area contributed by atoms with Gasteiger partial charge in [0.15, 0.2) is 0 Å². The summed E-state index contributed by atoms with van der Waals surface area (Å²) in [5, 5.41) is 2.89. The fourth-order valence-corrected chi connectivity index (χ4v) is 4.61. The molecule has 1 saturated heterocycles. The van der Waals surface area contributed by atoms with Gasteiger partial charge in [0.2, 0.25) is 5.43 Å². The van der Waals surface area contributed by atoms with Crippen LogP contribution in [0, 0.1) is 12.8 Å². The van der Waals surface area contributed by atoms with Gasteiger partial charge in [0.05, 0.1) is 17.1 Å². The number of imidazole rings is 1. The first-order valence-corrected chi connectivity index (χ1v) is 12.5. The Morgan fingerprint density at radius 3 is 2.43 bits per heavy atom. The van der Waals surface area contributed by atoms with Crippen LogP contribution >= 0.6 is 0 Å². The van der Waals surface area contributed by atoms with Crippen molar-refractivity contribution >= 4 is 22.8 Å². The molecule has 8 nitrogen and oxygen atoms in total. The van der Waals surface area contributed by atoms with Gasteiger partial charge in [-0.05, 0) is 50.3 Å². The van der Waals surface area contributed by atoms with E-state index in [4.69, 9.17) is 0 Å². The van der Waals surface area contributed by atoms with Crippen LogP contribution in [-0.4, -0.2) is 44.3 Å². The number of hydrogen-bond donors (Lipinski definition) is 2. The lowest BCUT2D eigenvalue weighted by Crippen LogP contribution is -2.39. The van der Waals surface area contributed by atoms with Gasteiger partial charge in [-0.25, -0.2) is 4.98 Å². The van der Waals surface area contributed by atoms with Gasteiger partial charge in [0.1, 0.15) is 17.0 Å². The minimum absolute atomic E-state index is 0.0230. The van der Waals surface area contributed by atoms with Crippen LogP contribution in [0.5, 0.6) is 0 Å². The molecule has 0 aliphatic carbocycles. The summed E-state index contributed by atoms with van der Waals surface area (Å²) in [5.41, 5.74) is 2.34. The van der Waals surface area contributed by atoms with Crippen LogP contribution in [0.4, 0.5) is 0 Å². The number of carbonyl (C=O) groups excluding carboxylic acids is 2. The normalized spacial score (nSPS) is 15.3. The number of nitrogens with one attached hydrogen (secondary N) is 2. The Morgan fingerprint density at radius 2 is 1.74 bits per heavy atom. The highest BCUT2D eigenvalue weighted by Crippen LogP contribution is 2.18. The number of carbonyl (C=O) groups is 2. The highest BCUT2D eigenvalue weighted by molar-refractivity contribution is 5.99. The summed E-state index contributed by atoms with van der Waals surface area (Å²) in [6.45, 7) is 9.82. The van der Waals surface area contributed by atoms with E-state index >= 15 is 0 Å². The van der Waals surface area contributed by atoms with E-state index in [1.807, 2.05) is 32.0 Å². The number of hydrogen-bond acceptors (Lipinski definition) is 4. The van der Waals surface area contributed by atoms with E-state index in [0.29, 0.717) is 25.5 Å². The summed E-state index contributed by atoms with van der Waals surface area (Å²) < 4.78 is 1.79. The zero-order chi connectivity index (χ0) is 25.1. The first kappa shape index (κ1) is 24.7. The highest BCUT2D eigenvalue weighted by Gasteiger charge is 2.25. The van der Waals surface area contributed by atoms with E-state index in [0.717, 1.165) is 42.3 Å². The second kappa shape index (κ2) is 10.5. The van der Waals surface area contributed by atoms with E-state index < -0.39 is 17.4 Å². The van der Waals surface area contributed by atoms with Crippen molar-refractivity contribution in [1.82, 2.24) is 24.8 Å². The minimum Gasteiger partial charge on any atom is -0.352 e. The van der Waals surface area contributed by atoms with Crippen LogP contribution in [0.1, 0.15) is 84.6 Å². The van der Waals surface area contributed by atoms with E-state index in [2.05, 4.69) is 29.1 Å². The third kappa shape index (κ3) is 5.63. The van der Waals surface area contributed by atoms with Gasteiger partial charge in [-0.15, -0.1) is 0 Å². The molecule has 1 aliphatic heterocycles. The second-order valence-corrected chi connectivity index (χ2v) is 10.0. The molecule has 1 aromatic carbocycles. The molecule has 0 bridgehead atoms. The molecule has 8 heteroatoms. The molecule has 4 rings (SSSR count). The lowest BCUT2D eigenvalue weighted by atomic mass is 10.1. The van der Waals surface area contributed by atoms with Crippen molar-refractivity contribution in [3.05, 3.63) is 63.3 Å².